The molecule has 0 aromatic carbocycles. The number of ether oxygens (including phenoxy) is 1. The summed E-state index contributed by atoms with van der Waals surface area (Å²) in [6.07, 6.45) is 4.91. The normalized spacial score (nSPS) is 10.9. The van der Waals surface area contributed by atoms with E-state index < -0.39 is 5.97 Å². The Hall–Kier alpha value is -2.12. The lowest BCUT2D eigenvalue weighted by molar-refractivity contribution is -0.117. The Morgan fingerprint density at radius 3 is 2.77 bits per heavy atom. The van der Waals surface area contributed by atoms with Crippen LogP contribution in [0.4, 0.5) is 5.00 Å². The average molecular weight is 378 g/mol. The molecule has 2 aromatic rings. The second kappa shape index (κ2) is 10.1. The van der Waals surface area contributed by atoms with Gasteiger partial charge in [-0.3, -0.25) is 9.69 Å². The molecule has 1 amide bonds. The molecule has 0 aliphatic carbocycles. The number of unbranched alkanes of at least 4 members (excludes halogenated alkanes) is 2. The number of hydrogen-bond donors (Lipinski definition) is 1. The molecular formula is C19H26N2O4S. The highest BCUT2D eigenvalue weighted by Crippen LogP contribution is 2.36. The van der Waals surface area contributed by atoms with Gasteiger partial charge in [0.25, 0.3) is 0 Å². The van der Waals surface area contributed by atoms with Crippen molar-refractivity contribution in [2.45, 2.75) is 33.1 Å². The van der Waals surface area contributed by atoms with Crippen LogP contribution in [0, 0.1) is 0 Å². The fourth-order valence-corrected chi connectivity index (χ4v) is 3.54. The number of amides is 1. The van der Waals surface area contributed by atoms with E-state index in [0.29, 0.717) is 21.9 Å². The first kappa shape index (κ1) is 20.2. The number of anilines is 1. The van der Waals surface area contributed by atoms with Gasteiger partial charge in [-0.2, -0.15) is 0 Å². The Labute approximate surface area is 158 Å². The molecule has 0 atom stereocenters. The van der Waals surface area contributed by atoms with Gasteiger partial charge in [-0.1, -0.05) is 19.8 Å². The number of nitrogens with one attached hydrogen (secondary N) is 1. The van der Waals surface area contributed by atoms with Crippen LogP contribution in [0.3, 0.4) is 0 Å². The average Bonchev–Trinajstić information content (AvgIpc) is 3.24. The third-order valence-electron chi connectivity index (χ3n) is 3.87. The third kappa shape index (κ3) is 5.44. The van der Waals surface area contributed by atoms with Gasteiger partial charge in [-0.25, -0.2) is 4.79 Å². The van der Waals surface area contributed by atoms with Crippen LogP contribution < -0.4 is 5.32 Å². The van der Waals surface area contributed by atoms with Gasteiger partial charge in [0, 0.05) is 10.9 Å². The van der Waals surface area contributed by atoms with Crippen LogP contribution >= 0.6 is 11.3 Å². The molecule has 0 spiro atoms. The molecule has 0 aliphatic rings. The molecule has 1 N–H and O–H groups in total. The number of nitrogens with zero attached hydrogens (tertiary/aromatic N) is 1. The number of carbonyl (C=O) groups excluding carboxylic acids is 2. The largest absolute Gasteiger partial charge is 0.464 e. The van der Waals surface area contributed by atoms with Crippen LogP contribution in [-0.4, -0.2) is 43.5 Å². The number of carbonyl (C=O) groups is 2. The van der Waals surface area contributed by atoms with Crippen molar-refractivity contribution in [3.63, 3.8) is 0 Å². The van der Waals surface area contributed by atoms with Gasteiger partial charge in [0.2, 0.25) is 5.91 Å². The molecule has 0 radical (unpaired) electrons. The summed E-state index contributed by atoms with van der Waals surface area (Å²) < 4.78 is 10.6. The van der Waals surface area contributed by atoms with Crippen LogP contribution in [0.25, 0.3) is 11.3 Å². The second-order valence-electron chi connectivity index (χ2n) is 6.04. The highest BCUT2D eigenvalue weighted by molar-refractivity contribution is 7.15. The minimum atomic E-state index is -0.466. The van der Waals surface area contributed by atoms with Crippen molar-refractivity contribution < 1.29 is 18.7 Å². The number of furan rings is 1. The summed E-state index contributed by atoms with van der Waals surface area (Å²) in [5.41, 5.74) is 0.971. The molecule has 2 aromatic heterocycles. The van der Waals surface area contributed by atoms with Crippen LogP contribution in [0.2, 0.25) is 0 Å². The standard InChI is InChI=1S/C19H26N2O4S/c1-4-6-7-10-21(3)12-16(22)20-18-17(19(23)24-5-2)14(13-26-18)15-9-8-11-25-15/h8-9,11,13H,4-7,10,12H2,1-3H3,(H,20,22). The first-order valence-electron chi connectivity index (χ1n) is 8.87. The van der Waals surface area contributed by atoms with E-state index >= 15 is 0 Å². The molecule has 0 saturated carbocycles. The Bertz CT molecular complexity index is 709. The predicted octanol–water partition coefficient (Wildman–Crippen LogP) is 4.25. The molecule has 0 bridgehead atoms. The number of esters is 1. The number of hydrogen-bond acceptors (Lipinski definition) is 6. The monoisotopic (exact) mass is 378 g/mol. The summed E-state index contributed by atoms with van der Waals surface area (Å²) in [4.78, 5) is 26.7. The van der Waals surface area contributed by atoms with Gasteiger partial charge in [0.1, 0.15) is 16.3 Å². The van der Waals surface area contributed by atoms with Crippen molar-refractivity contribution in [1.82, 2.24) is 4.90 Å². The zero-order valence-corrected chi connectivity index (χ0v) is 16.4. The lowest BCUT2D eigenvalue weighted by atomic mass is 10.1. The van der Waals surface area contributed by atoms with Gasteiger partial charge < -0.3 is 14.5 Å². The minimum Gasteiger partial charge on any atom is -0.464 e. The van der Waals surface area contributed by atoms with Gasteiger partial charge >= 0.3 is 5.97 Å². The van der Waals surface area contributed by atoms with Crippen molar-refractivity contribution >= 4 is 28.2 Å². The molecule has 26 heavy (non-hydrogen) atoms. The van der Waals surface area contributed by atoms with E-state index in [4.69, 9.17) is 9.15 Å². The molecule has 142 valence electrons. The zero-order valence-electron chi connectivity index (χ0n) is 15.5. The molecule has 2 heterocycles. The molecule has 7 heteroatoms. The maximum absolute atomic E-state index is 12.4. The Morgan fingerprint density at radius 1 is 1.31 bits per heavy atom. The first-order chi connectivity index (χ1) is 12.6. The fraction of sp³-hybridized carbons (Fsp3) is 0.474. The van der Waals surface area contributed by atoms with Crippen molar-refractivity contribution in [3.05, 3.63) is 29.3 Å². The van der Waals surface area contributed by atoms with E-state index in [1.165, 1.54) is 11.3 Å². The molecule has 0 unspecified atom stereocenters. The highest BCUT2D eigenvalue weighted by Gasteiger charge is 2.24. The predicted molar refractivity (Wildman–Crippen MR) is 104 cm³/mol. The van der Waals surface area contributed by atoms with Gasteiger partial charge in [-0.05, 0) is 39.1 Å². The van der Waals surface area contributed by atoms with E-state index in [1.54, 1.807) is 30.7 Å². The van der Waals surface area contributed by atoms with E-state index in [2.05, 4.69) is 12.2 Å². The van der Waals surface area contributed by atoms with E-state index in [0.717, 1.165) is 25.8 Å². The van der Waals surface area contributed by atoms with E-state index in [9.17, 15) is 9.59 Å². The second-order valence-corrected chi connectivity index (χ2v) is 6.92. The maximum Gasteiger partial charge on any atom is 0.341 e. The summed E-state index contributed by atoms with van der Waals surface area (Å²) in [7, 11) is 1.92. The van der Waals surface area contributed by atoms with E-state index in [-0.39, 0.29) is 19.1 Å². The SMILES string of the molecule is CCCCCN(C)CC(=O)Nc1scc(-c2ccco2)c1C(=O)OCC. The maximum atomic E-state index is 12.4. The van der Waals surface area contributed by atoms with Crippen molar-refractivity contribution in [2.24, 2.45) is 0 Å². The number of rotatable bonds is 10. The third-order valence-corrected chi connectivity index (χ3v) is 4.76. The first-order valence-corrected chi connectivity index (χ1v) is 9.75. The lowest BCUT2D eigenvalue weighted by Crippen LogP contribution is -2.31. The number of thiophene rings is 1. The highest BCUT2D eigenvalue weighted by atomic mass is 32.1. The van der Waals surface area contributed by atoms with Crippen LogP contribution in [0.15, 0.2) is 28.2 Å². The molecular weight excluding hydrogens is 352 g/mol. The molecule has 0 aliphatic heterocycles. The summed E-state index contributed by atoms with van der Waals surface area (Å²) in [6.45, 7) is 5.31. The summed E-state index contributed by atoms with van der Waals surface area (Å²) in [6, 6.07) is 3.53. The fourth-order valence-electron chi connectivity index (χ4n) is 2.59. The topological polar surface area (TPSA) is 71.8 Å². The summed E-state index contributed by atoms with van der Waals surface area (Å²) >= 11 is 1.29. The van der Waals surface area contributed by atoms with Crippen LogP contribution in [0.5, 0.6) is 0 Å². The molecule has 2 rings (SSSR count). The van der Waals surface area contributed by atoms with Gasteiger partial charge in [0.05, 0.1) is 19.4 Å². The Balaban J connectivity index is 2.11. The van der Waals surface area contributed by atoms with Crippen LogP contribution in [0.1, 0.15) is 43.5 Å². The summed E-state index contributed by atoms with van der Waals surface area (Å²) in [5.74, 6) is -0.0457. The Kier molecular flexibility index (Phi) is 7.87. The Morgan fingerprint density at radius 2 is 2.12 bits per heavy atom. The summed E-state index contributed by atoms with van der Waals surface area (Å²) in [5, 5.41) is 5.13. The van der Waals surface area contributed by atoms with Gasteiger partial charge in [-0.15, -0.1) is 11.3 Å². The van der Waals surface area contributed by atoms with Crippen molar-refractivity contribution in [2.75, 3.05) is 32.1 Å². The minimum absolute atomic E-state index is 0.151. The smallest absolute Gasteiger partial charge is 0.341 e. The molecule has 0 fully saturated rings. The lowest BCUT2D eigenvalue weighted by Gasteiger charge is -2.16. The molecule has 6 nitrogen and oxygen atoms in total. The quantitative estimate of drug-likeness (QED) is 0.494. The van der Waals surface area contributed by atoms with Crippen molar-refractivity contribution in [3.8, 4) is 11.3 Å². The van der Waals surface area contributed by atoms with E-state index in [1.807, 2.05) is 11.9 Å². The van der Waals surface area contributed by atoms with Crippen LogP contribution in [-0.2, 0) is 9.53 Å². The zero-order chi connectivity index (χ0) is 18.9. The van der Waals surface area contributed by atoms with Crippen molar-refractivity contribution in [1.29, 1.82) is 0 Å². The molecule has 0 saturated heterocycles. The van der Waals surface area contributed by atoms with Gasteiger partial charge in [0.15, 0.2) is 0 Å². The number of likely N-dealkylation sites (N-methyl/N-ethyl adjacent to an activating group) is 1.